The van der Waals surface area contributed by atoms with Crippen LogP contribution in [0.1, 0.15) is 61.3 Å². The van der Waals surface area contributed by atoms with Crippen LogP contribution in [-0.2, 0) is 17.8 Å². The molecule has 1 heterocycles. The van der Waals surface area contributed by atoms with Crippen LogP contribution in [0.3, 0.4) is 0 Å². The van der Waals surface area contributed by atoms with Gasteiger partial charge in [0.25, 0.3) is 0 Å². The van der Waals surface area contributed by atoms with Gasteiger partial charge in [0.1, 0.15) is 5.75 Å². The van der Waals surface area contributed by atoms with Crippen molar-refractivity contribution in [1.82, 2.24) is 14.9 Å². The molecule has 9 heteroatoms. The fourth-order valence-corrected chi connectivity index (χ4v) is 4.16. The maximum absolute atomic E-state index is 11.7. The lowest BCUT2D eigenvalue weighted by molar-refractivity contribution is 0.126. The number of hydrogen-bond donors (Lipinski definition) is 6. The minimum Gasteiger partial charge on any atom is -0.508 e. The Morgan fingerprint density at radius 3 is 2.38 bits per heavy atom. The lowest BCUT2D eigenvalue weighted by Crippen LogP contribution is -2.22. The number of aromatic amines is 1. The minimum absolute atomic E-state index is 0.0360. The summed E-state index contributed by atoms with van der Waals surface area (Å²) in [5.41, 5.74) is 2.55. The van der Waals surface area contributed by atoms with E-state index in [1.165, 1.54) is 22.4 Å². The molecule has 0 fully saturated rings. The Bertz CT molecular complexity index is 1130. The molecule has 202 valence electrons. The fraction of sp³-hybridized carbons (Fsp3) is 0.464. The van der Waals surface area contributed by atoms with Crippen LogP contribution in [0.15, 0.2) is 53.5 Å². The summed E-state index contributed by atoms with van der Waals surface area (Å²) >= 11 is 0. The number of nitrogens with zero attached hydrogens (tertiary/aromatic N) is 1. The third kappa shape index (κ3) is 9.05. The molecule has 0 unspecified atom stereocenters. The van der Waals surface area contributed by atoms with Gasteiger partial charge in [0.2, 0.25) is 5.88 Å². The van der Waals surface area contributed by atoms with Crippen LogP contribution >= 0.6 is 0 Å². The molecule has 0 saturated heterocycles. The summed E-state index contributed by atoms with van der Waals surface area (Å²) in [6.45, 7) is 2.52. The van der Waals surface area contributed by atoms with Gasteiger partial charge in [0, 0.05) is 25.3 Å². The number of hydrogen-bond acceptors (Lipinski definition) is 7. The smallest absolute Gasteiger partial charge is 0.333 e. The maximum atomic E-state index is 11.7. The highest BCUT2D eigenvalue weighted by atomic mass is 16.5. The molecule has 0 bridgehead atoms. The van der Waals surface area contributed by atoms with E-state index in [2.05, 4.69) is 10.3 Å². The van der Waals surface area contributed by atoms with Crippen molar-refractivity contribution in [1.29, 1.82) is 0 Å². The van der Waals surface area contributed by atoms with Gasteiger partial charge < -0.3 is 35.5 Å². The topological polar surface area (TPSA) is 140 Å². The van der Waals surface area contributed by atoms with Crippen LogP contribution in [0.4, 0.5) is 0 Å². The number of ether oxygens (including phenoxy) is 1. The van der Waals surface area contributed by atoms with Crippen LogP contribution in [0, 0.1) is 0 Å². The summed E-state index contributed by atoms with van der Waals surface area (Å²) in [7, 11) is 0. The van der Waals surface area contributed by atoms with Crippen LogP contribution < -0.4 is 11.0 Å². The van der Waals surface area contributed by atoms with Gasteiger partial charge in [-0.15, -0.1) is 0 Å². The molecule has 0 aliphatic rings. The summed E-state index contributed by atoms with van der Waals surface area (Å²) in [5, 5.41) is 42.1. The molecule has 0 amide bonds. The van der Waals surface area contributed by atoms with E-state index in [0.29, 0.717) is 23.4 Å². The second-order valence-electron chi connectivity index (χ2n) is 9.20. The van der Waals surface area contributed by atoms with E-state index in [4.69, 9.17) is 4.74 Å². The van der Waals surface area contributed by atoms with Crippen molar-refractivity contribution in [2.75, 3.05) is 26.3 Å². The second-order valence-corrected chi connectivity index (χ2v) is 9.20. The van der Waals surface area contributed by atoms with E-state index in [1.54, 1.807) is 12.1 Å². The first kappa shape index (κ1) is 28.5. The van der Waals surface area contributed by atoms with E-state index in [9.17, 15) is 25.2 Å². The van der Waals surface area contributed by atoms with Crippen LogP contribution in [0.2, 0.25) is 0 Å². The molecule has 37 heavy (non-hydrogen) atoms. The van der Waals surface area contributed by atoms with E-state index in [0.717, 1.165) is 64.7 Å². The number of aliphatic hydroxyl groups is 2. The Morgan fingerprint density at radius 2 is 1.68 bits per heavy atom. The number of aromatic hydroxyl groups is 2. The minimum atomic E-state index is -0.677. The van der Waals surface area contributed by atoms with Gasteiger partial charge >= 0.3 is 5.69 Å². The van der Waals surface area contributed by atoms with Crippen LogP contribution in [0.25, 0.3) is 5.69 Å². The standard InChI is InChI=1S/C28H39N3O6/c32-20-23-17-22(10-13-25(23)33)26(34)18-29-14-4-1-2-5-15-37-16-6-3-7-21-8-11-24(12-9-21)31-27(35)19-30-28(31)36/h8-13,17,19,26,29,32-35H,1-7,14-16,18,20H2,(H,30,36)/t26-/m0/s1. The van der Waals surface area contributed by atoms with Gasteiger partial charge in [-0.2, -0.15) is 0 Å². The number of rotatable bonds is 17. The van der Waals surface area contributed by atoms with E-state index in [-0.39, 0.29) is 23.9 Å². The number of H-pyrrole nitrogens is 1. The average molecular weight is 514 g/mol. The van der Waals surface area contributed by atoms with Crippen molar-refractivity contribution in [3.8, 4) is 17.3 Å². The Balaban J connectivity index is 1.15. The summed E-state index contributed by atoms with van der Waals surface area (Å²) in [6.07, 6.45) is 7.83. The first-order valence-corrected chi connectivity index (χ1v) is 13.0. The molecule has 6 N–H and O–H groups in total. The predicted molar refractivity (Wildman–Crippen MR) is 142 cm³/mol. The first-order chi connectivity index (χ1) is 18.0. The number of benzene rings is 2. The van der Waals surface area contributed by atoms with Crippen molar-refractivity contribution >= 4 is 0 Å². The number of phenols is 1. The molecule has 2 aromatic carbocycles. The quantitative estimate of drug-likeness (QED) is 0.152. The number of unbranched alkanes of at least 4 members (excludes halogenated alkanes) is 4. The molecule has 0 saturated carbocycles. The number of aromatic nitrogens is 2. The lowest BCUT2D eigenvalue weighted by atomic mass is 10.1. The van der Waals surface area contributed by atoms with Crippen molar-refractivity contribution in [2.45, 2.75) is 57.7 Å². The van der Waals surface area contributed by atoms with E-state index >= 15 is 0 Å². The van der Waals surface area contributed by atoms with Gasteiger partial charge in [0.15, 0.2) is 0 Å². The zero-order valence-corrected chi connectivity index (χ0v) is 21.2. The van der Waals surface area contributed by atoms with Gasteiger partial charge in [-0.3, -0.25) is 0 Å². The monoisotopic (exact) mass is 513 g/mol. The van der Waals surface area contributed by atoms with E-state index in [1.807, 2.05) is 24.3 Å². The third-order valence-corrected chi connectivity index (χ3v) is 6.34. The summed E-state index contributed by atoms with van der Waals surface area (Å²) in [6, 6.07) is 12.4. The second kappa shape index (κ2) is 15.2. The maximum Gasteiger partial charge on any atom is 0.333 e. The highest BCUT2D eigenvalue weighted by Gasteiger charge is 2.10. The van der Waals surface area contributed by atoms with Crippen LogP contribution in [-0.4, -0.2) is 56.3 Å². The number of aliphatic hydroxyl groups excluding tert-OH is 2. The number of nitrogens with one attached hydrogen (secondary N) is 2. The van der Waals surface area contributed by atoms with Crippen molar-refractivity contribution < 1.29 is 25.2 Å². The molecular weight excluding hydrogens is 474 g/mol. The molecule has 3 aromatic rings. The predicted octanol–water partition coefficient (Wildman–Crippen LogP) is 3.29. The van der Waals surface area contributed by atoms with Gasteiger partial charge in [-0.25, -0.2) is 9.36 Å². The van der Waals surface area contributed by atoms with Gasteiger partial charge in [0.05, 0.1) is 24.6 Å². The Morgan fingerprint density at radius 1 is 0.946 bits per heavy atom. The highest BCUT2D eigenvalue weighted by Crippen LogP contribution is 2.22. The zero-order valence-electron chi connectivity index (χ0n) is 21.2. The average Bonchev–Trinajstić information content (AvgIpc) is 3.24. The SMILES string of the molecule is O=c1[nH]cc(O)n1-c1ccc(CCCCOCCCCCCNC[C@H](O)c2ccc(O)c(CO)c2)cc1. The normalized spacial score (nSPS) is 12.2. The third-order valence-electron chi connectivity index (χ3n) is 6.34. The molecule has 0 radical (unpaired) electrons. The van der Waals surface area contributed by atoms with E-state index < -0.39 is 6.10 Å². The molecule has 0 aliphatic heterocycles. The molecule has 0 aliphatic carbocycles. The Hall–Kier alpha value is -3.11. The number of imidazole rings is 1. The molecular formula is C28H39N3O6. The van der Waals surface area contributed by atoms with Gasteiger partial charge in [-0.1, -0.05) is 31.0 Å². The highest BCUT2D eigenvalue weighted by molar-refractivity contribution is 5.38. The number of aryl methyl sites for hydroxylation is 1. The van der Waals surface area contributed by atoms with Crippen molar-refractivity contribution in [3.05, 3.63) is 75.8 Å². The summed E-state index contributed by atoms with van der Waals surface area (Å²) < 4.78 is 6.98. The fourth-order valence-electron chi connectivity index (χ4n) is 4.16. The largest absolute Gasteiger partial charge is 0.508 e. The first-order valence-electron chi connectivity index (χ1n) is 13.0. The molecule has 9 nitrogen and oxygen atoms in total. The molecule has 3 rings (SSSR count). The molecule has 1 aromatic heterocycles. The summed E-state index contributed by atoms with van der Waals surface area (Å²) in [4.78, 5) is 14.2. The molecule has 1 atom stereocenters. The molecule has 0 spiro atoms. The van der Waals surface area contributed by atoms with Crippen LogP contribution in [0.5, 0.6) is 11.6 Å². The Labute approximate surface area is 217 Å². The Kier molecular flexibility index (Phi) is 11.7. The van der Waals surface area contributed by atoms with Crippen molar-refractivity contribution in [2.24, 2.45) is 0 Å². The van der Waals surface area contributed by atoms with Gasteiger partial charge in [-0.05, 0) is 74.0 Å². The zero-order chi connectivity index (χ0) is 26.5. The summed E-state index contributed by atoms with van der Waals surface area (Å²) in [5.74, 6) is -0.0687. The lowest BCUT2D eigenvalue weighted by Gasteiger charge is -2.14. The van der Waals surface area contributed by atoms with Crippen molar-refractivity contribution in [3.63, 3.8) is 0 Å².